The number of nitrogens with zero attached hydrogens (tertiary/aromatic N) is 2. The molecule has 1 fully saturated rings. The third-order valence-electron chi connectivity index (χ3n) is 5.68. The van der Waals surface area contributed by atoms with Crippen LogP contribution in [0.15, 0.2) is 48.5 Å². The van der Waals surface area contributed by atoms with Crippen LogP contribution in [0.25, 0.3) is 0 Å². The summed E-state index contributed by atoms with van der Waals surface area (Å²) in [6.45, 7) is 2.23. The highest BCUT2D eigenvalue weighted by Crippen LogP contribution is 2.15. The van der Waals surface area contributed by atoms with Gasteiger partial charge in [0.2, 0.25) is 11.8 Å². The maximum absolute atomic E-state index is 13.3. The summed E-state index contributed by atoms with van der Waals surface area (Å²) in [6, 6.07) is 11.7. The smallest absolute Gasteiger partial charge is 0.387 e. The molecule has 0 bridgehead atoms. The van der Waals surface area contributed by atoms with Crippen LogP contribution in [0.5, 0.6) is 5.75 Å². The van der Waals surface area contributed by atoms with Crippen LogP contribution in [0, 0.1) is 5.82 Å². The van der Waals surface area contributed by atoms with Gasteiger partial charge in [-0.2, -0.15) is 8.78 Å². The summed E-state index contributed by atoms with van der Waals surface area (Å²) in [4.78, 5) is 28.8. The Labute approximate surface area is 196 Å². The Balaban J connectivity index is 1.34. The number of rotatable bonds is 10. The molecule has 3 rings (SSSR count). The Morgan fingerprint density at radius 2 is 1.76 bits per heavy atom. The molecule has 10 heteroatoms. The molecular formula is C24H29F3N4O3. The molecule has 0 spiro atoms. The zero-order chi connectivity index (χ0) is 24.5. The predicted octanol–water partition coefficient (Wildman–Crippen LogP) is 2.73. The number of piperazine rings is 1. The Kier molecular flexibility index (Phi) is 9.29. The normalized spacial score (nSPS) is 15.7. The first kappa shape index (κ1) is 25.5. The van der Waals surface area contributed by atoms with E-state index in [1.54, 1.807) is 24.3 Å². The first-order chi connectivity index (χ1) is 16.3. The molecule has 1 saturated heterocycles. The van der Waals surface area contributed by atoms with Crippen LogP contribution in [-0.4, -0.2) is 73.5 Å². The number of amides is 2. The van der Waals surface area contributed by atoms with Crippen LogP contribution in [0.3, 0.4) is 0 Å². The summed E-state index contributed by atoms with van der Waals surface area (Å²) in [6.07, 6.45) is 0.576. The minimum Gasteiger partial charge on any atom is -0.435 e. The summed E-state index contributed by atoms with van der Waals surface area (Å²) in [5.74, 6) is -0.606. The molecule has 7 nitrogen and oxygen atoms in total. The van der Waals surface area contributed by atoms with Crippen LogP contribution in [0.4, 0.5) is 18.9 Å². The monoisotopic (exact) mass is 478 g/mol. The summed E-state index contributed by atoms with van der Waals surface area (Å²) in [7, 11) is 0. The molecule has 0 saturated carbocycles. The number of hydrogen-bond donors (Lipinski definition) is 2. The van der Waals surface area contributed by atoms with Crippen LogP contribution < -0.4 is 15.4 Å². The van der Waals surface area contributed by atoms with Gasteiger partial charge in [-0.15, -0.1) is 0 Å². The van der Waals surface area contributed by atoms with Crippen molar-refractivity contribution in [3.8, 4) is 5.75 Å². The topological polar surface area (TPSA) is 73.9 Å². The van der Waals surface area contributed by atoms with E-state index in [1.165, 1.54) is 24.3 Å². The maximum Gasteiger partial charge on any atom is 0.387 e. The van der Waals surface area contributed by atoms with Crippen molar-refractivity contribution in [2.75, 3.05) is 44.6 Å². The van der Waals surface area contributed by atoms with Gasteiger partial charge >= 0.3 is 6.61 Å². The summed E-state index contributed by atoms with van der Waals surface area (Å²) in [5.41, 5.74) is 1.32. The molecule has 0 aromatic heterocycles. The number of carbonyl (C=O) groups excluding carboxylic acids is 2. The van der Waals surface area contributed by atoms with E-state index in [0.29, 0.717) is 44.8 Å². The Hall–Kier alpha value is -3.11. The summed E-state index contributed by atoms with van der Waals surface area (Å²) in [5, 5.41) is 5.60. The first-order valence-corrected chi connectivity index (χ1v) is 11.1. The van der Waals surface area contributed by atoms with E-state index in [-0.39, 0.29) is 30.2 Å². The minimum absolute atomic E-state index is 0.0944. The quantitative estimate of drug-likeness (QED) is 0.550. The molecule has 2 N–H and O–H groups in total. The van der Waals surface area contributed by atoms with Crippen LogP contribution in [0.2, 0.25) is 0 Å². The van der Waals surface area contributed by atoms with Crippen molar-refractivity contribution in [1.29, 1.82) is 0 Å². The minimum atomic E-state index is -2.85. The molecule has 1 heterocycles. The highest BCUT2D eigenvalue weighted by Gasteiger charge is 2.26. The molecule has 1 aliphatic heterocycles. The predicted molar refractivity (Wildman–Crippen MR) is 122 cm³/mol. The van der Waals surface area contributed by atoms with E-state index in [4.69, 9.17) is 0 Å². The van der Waals surface area contributed by atoms with Gasteiger partial charge in [0.1, 0.15) is 11.6 Å². The lowest BCUT2D eigenvalue weighted by Gasteiger charge is -2.37. The SMILES string of the molecule is CC(C(=O)Nc1cccc(F)c1)N1CCN(CC(=O)NCCc2ccc(OC(F)F)cc2)CC1. The van der Waals surface area contributed by atoms with Gasteiger partial charge in [-0.1, -0.05) is 18.2 Å². The second-order valence-corrected chi connectivity index (χ2v) is 8.11. The molecule has 34 heavy (non-hydrogen) atoms. The molecular weight excluding hydrogens is 449 g/mol. The van der Waals surface area contributed by atoms with Gasteiger partial charge in [0.15, 0.2) is 0 Å². The number of anilines is 1. The zero-order valence-electron chi connectivity index (χ0n) is 19.0. The van der Waals surface area contributed by atoms with Crippen molar-refractivity contribution in [3.05, 3.63) is 59.9 Å². The second-order valence-electron chi connectivity index (χ2n) is 8.11. The van der Waals surface area contributed by atoms with Crippen LogP contribution in [-0.2, 0) is 16.0 Å². The molecule has 2 aromatic rings. The molecule has 1 unspecified atom stereocenters. The highest BCUT2D eigenvalue weighted by atomic mass is 19.3. The third kappa shape index (κ3) is 8.03. The largest absolute Gasteiger partial charge is 0.435 e. The first-order valence-electron chi connectivity index (χ1n) is 11.1. The van der Waals surface area contributed by atoms with Crippen molar-refractivity contribution in [2.24, 2.45) is 0 Å². The van der Waals surface area contributed by atoms with Crippen molar-refractivity contribution >= 4 is 17.5 Å². The van der Waals surface area contributed by atoms with Crippen molar-refractivity contribution in [2.45, 2.75) is 26.0 Å². The van der Waals surface area contributed by atoms with E-state index in [9.17, 15) is 22.8 Å². The number of hydrogen-bond acceptors (Lipinski definition) is 5. The number of benzene rings is 2. The highest BCUT2D eigenvalue weighted by molar-refractivity contribution is 5.94. The van der Waals surface area contributed by atoms with Crippen LogP contribution in [0.1, 0.15) is 12.5 Å². The van der Waals surface area contributed by atoms with Gasteiger partial charge in [-0.05, 0) is 49.2 Å². The van der Waals surface area contributed by atoms with Gasteiger partial charge in [0, 0.05) is 38.4 Å². The van der Waals surface area contributed by atoms with E-state index in [2.05, 4.69) is 15.4 Å². The van der Waals surface area contributed by atoms with Gasteiger partial charge in [-0.3, -0.25) is 19.4 Å². The molecule has 0 aliphatic carbocycles. The van der Waals surface area contributed by atoms with Crippen molar-refractivity contribution in [3.63, 3.8) is 0 Å². The average molecular weight is 479 g/mol. The standard InChI is InChI=1S/C24H29F3N4O3/c1-17(23(33)29-20-4-2-3-19(25)15-20)31-13-11-30(12-14-31)16-22(32)28-10-9-18-5-7-21(8-6-18)34-24(26)27/h2-8,15,17,24H,9-14,16H2,1H3,(H,28,32)(H,29,33). The summed E-state index contributed by atoms with van der Waals surface area (Å²) < 4.78 is 42.0. The number of ether oxygens (including phenoxy) is 1. The van der Waals surface area contributed by atoms with Gasteiger partial charge in [0.05, 0.1) is 12.6 Å². The van der Waals surface area contributed by atoms with Crippen molar-refractivity contribution in [1.82, 2.24) is 15.1 Å². The van der Waals surface area contributed by atoms with E-state index < -0.39 is 12.4 Å². The molecule has 184 valence electrons. The molecule has 0 radical (unpaired) electrons. The van der Waals surface area contributed by atoms with Gasteiger partial charge in [0.25, 0.3) is 0 Å². The lowest BCUT2D eigenvalue weighted by molar-refractivity contribution is -0.124. The van der Waals surface area contributed by atoms with E-state index in [0.717, 1.165) is 5.56 Å². The number of carbonyl (C=O) groups is 2. The fourth-order valence-corrected chi connectivity index (χ4v) is 3.73. The number of halogens is 3. The zero-order valence-corrected chi connectivity index (χ0v) is 19.0. The number of alkyl halides is 2. The Bertz CT molecular complexity index is 951. The maximum atomic E-state index is 13.3. The molecule has 2 amide bonds. The van der Waals surface area contributed by atoms with E-state index in [1.807, 2.05) is 16.7 Å². The second kappa shape index (κ2) is 12.4. The average Bonchev–Trinajstić information content (AvgIpc) is 2.80. The summed E-state index contributed by atoms with van der Waals surface area (Å²) >= 11 is 0. The lowest BCUT2D eigenvalue weighted by atomic mass is 10.1. The molecule has 1 atom stereocenters. The molecule has 2 aromatic carbocycles. The Morgan fingerprint density at radius 1 is 1.06 bits per heavy atom. The van der Waals surface area contributed by atoms with Crippen molar-refractivity contribution < 1.29 is 27.5 Å². The molecule has 1 aliphatic rings. The van der Waals surface area contributed by atoms with Crippen LogP contribution >= 0.6 is 0 Å². The lowest BCUT2D eigenvalue weighted by Crippen LogP contribution is -2.54. The third-order valence-corrected chi connectivity index (χ3v) is 5.68. The van der Waals surface area contributed by atoms with E-state index >= 15 is 0 Å². The number of nitrogens with one attached hydrogen (secondary N) is 2. The van der Waals surface area contributed by atoms with Gasteiger partial charge in [-0.25, -0.2) is 4.39 Å². The fourth-order valence-electron chi connectivity index (χ4n) is 3.73. The van der Waals surface area contributed by atoms with Gasteiger partial charge < -0.3 is 15.4 Å². The Morgan fingerprint density at radius 3 is 2.41 bits per heavy atom. The fraction of sp³-hybridized carbons (Fsp3) is 0.417.